The molecule has 118 valence electrons. The summed E-state index contributed by atoms with van der Waals surface area (Å²) in [5.41, 5.74) is 2.09. The van der Waals surface area contributed by atoms with Crippen molar-refractivity contribution in [3.05, 3.63) is 42.9 Å². The molecule has 1 aromatic carbocycles. The third kappa shape index (κ3) is 2.72. The smallest absolute Gasteiger partial charge is 0.163 e. The first-order valence-corrected chi connectivity index (χ1v) is 8.00. The molecule has 0 spiro atoms. The van der Waals surface area contributed by atoms with Crippen molar-refractivity contribution in [3.63, 3.8) is 0 Å². The van der Waals surface area contributed by atoms with Crippen LogP contribution in [0.5, 0.6) is 0 Å². The molecule has 2 aromatic heterocycles. The minimum atomic E-state index is 0.514. The van der Waals surface area contributed by atoms with E-state index in [1.54, 1.807) is 11.0 Å². The summed E-state index contributed by atoms with van der Waals surface area (Å²) in [7, 11) is 1.91. The van der Waals surface area contributed by atoms with Gasteiger partial charge in [0.1, 0.15) is 12.1 Å². The molecular weight excluding hydrogens is 288 g/mol. The fourth-order valence-electron chi connectivity index (χ4n) is 3.21. The number of aryl methyl sites for hydroxylation is 1. The molecule has 6 nitrogen and oxygen atoms in total. The maximum Gasteiger partial charge on any atom is 0.163 e. The van der Waals surface area contributed by atoms with Crippen LogP contribution in [-0.4, -0.2) is 38.9 Å². The number of piperidine rings is 1. The summed E-state index contributed by atoms with van der Waals surface area (Å²) in [6, 6.07) is 10.9. The minimum absolute atomic E-state index is 0.514. The van der Waals surface area contributed by atoms with Crippen molar-refractivity contribution in [2.24, 2.45) is 7.05 Å². The van der Waals surface area contributed by atoms with Gasteiger partial charge in [0.25, 0.3) is 0 Å². The predicted molar refractivity (Wildman–Crippen MR) is 91.6 cm³/mol. The molecule has 23 heavy (non-hydrogen) atoms. The Morgan fingerprint density at radius 1 is 1.09 bits per heavy atom. The van der Waals surface area contributed by atoms with Crippen LogP contribution in [0.25, 0.3) is 11.0 Å². The lowest BCUT2D eigenvalue weighted by atomic mass is 10.0. The van der Waals surface area contributed by atoms with Crippen molar-refractivity contribution in [1.82, 2.24) is 19.7 Å². The second-order valence-corrected chi connectivity index (χ2v) is 5.97. The monoisotopic (exact) mass is 308 g/mol. The van der Waals surface area contributed by atoms with Gasteiger partial charge in [0.15, 0.2) is 5.65 Å². The van der Waals surface area contributed by atoms with Gasteiger partial charge in [-0.2, -0.15) is 5.10 Å². The first-order chi connectivity index (χ1) is 11.3. The van der Waals surface area contributed by atoms with Crippen molar-refractivity contribution in [2.75, 3.05) is 23.3 Å². The zero-order valence-corrected chi connectivity index (χ0v) is 13.2. The summed E-state index contributed by atoms with van der Waals surface area (Å²) < 4.78 is 1.80. The largest absolute Gasteiger partial charge is 0.382 e. The Morgan fingerprint density at radius 3 is 2.65 bits per heavy atom. The van der Waals surface area contributed by atoms with Crippen molar-refractivity contribution in [1.29, 1.82) is 0 Å². The third-order valence-corrected chi connectivity index (χ3v) is 4.45. The van der Waals surface area contributed by atoms with Gasteiger partial charge in [-0.25, -0.2) is 9.97 Å². The molecule has 0 radical (unpaired) electrons. The number of fused-ring (bicyclic) bond motifs is 1. The van der Waals surface area contributed by atoms with E-state index in [2.05, 4.69) is 49.5 Å². The lowest BCUT2D eigenvalue weighted by Gasteiger charge is -2.33. The fourth-order valence-corrected chi connectivity index (χ4v) is 3.21. The van der Waals surface area contributed by atoms with Crippen LogP contribution in [0.1, 0.15) is 12.8 Å². The number of anilines is 2. The summed E-state index contributed by atoms with van der Waals surface area (Å²) in [5.74, 6) is 1.00. The highest BCUT2D eigenvalue weighted by atomic mass is 15.3. The van der Waals surface area contributed by atoms with E-state index in [1.165, 1.54) is 5.69 Å². The molecule has 6 heteroatoms. The summed E-state index contributed by atoms with van der Waals surface area (Å²) in [5, 5.41) is 8.95. The zero-order chi connectivity index (χ0) is 15.6. The normalized spacial score (nSPS) is 16.0. The molecular formula is C17H20N6. The molecule has 3 heterocycles. The molecule has 0 atom stereocenters. The van der Waals surface area contributed by atoms with Crippen LogP contribution in [0.15, 0.2) is 42.9 Å². The average Bonchev–Trinajstić information content (AvgIpc) is 2.98. The second-order valence-electron chi connectivity index (χ2n) is 5.97. The van der Waals surface area contributed by atoms with Gasteiger partial charge in [0.05, 0.1) is 11.6 Å². The maximum absolute atomic E-state index is 4.49. The predicted octanol–water partition coefficient (Wildman–Crippen LogP) is 2.44. The van der Waals surface area contributed by atoms with E-state index < -0.39 is 0 Å². The number of hydrogen-bond donors (Lipinski definition) is 1. The molecule has 1 N–H and O–H groups in total. The van der Waals surface area contributed by atoms with Crippen molar-refractivity contribution >= 4 is 22.5 Å². The molecule has 4 rings (SSSR count). The van der Waals surface area contributed by atoms with Crippen LogP contribution >= 0.6 is 0 Å². The molecule has 1 saturated heterocycles. The molecule has 1 fully saturated rings. The first-order valence-electron chi connectivity index (χ1n) is 8.00. The van der Waals surface area contributed by atoms with Gasteiger partial charge in [0, 0.05) is 31.9 Å². The Kier molecular flexibility index (Phi) is 3.57. The number of hydrogen-bond acceptors (Lipinski definition) is 5. The lowest BCUT2D eigenvalue weighted by molar-refractivity contribution is 0.524. The van der Waals surface area contributed by atoms with Crippen LogP contribution in [0.4, 0.5) is 11.5 Å². The molecule has 0 saturated carbocycles. The highest BCUT2D eigenvalue weighted by Crippen LogP contribution is 2.26. The lowest BCUT2D eigenvalue weighted by Crippen LogP contribution is -2.39. The average molecular weight is 308 g/mol. The molecule has 1 aliphatic heterocycles. The van der Waals surface area contributed by atoms with E-state index in [-0.39, 0.29) is 0 Å². The third-order valence-electron chi connectivity index (χ3n) is 4.45. The number of aromatic nitrogens is 4. The van der Waals surface area contributed by atoms with E-state index in [1.807, 2.05) is 19.3 Å². The summed E-state index contributed by atoms with van der Waals surface area (Å²) in [4.78, 5) is 11.2. The Morgan fingerprint density at radius 2 is 1.87 bits per heavy atom. The topological polar surface area (TPSA) is 58.9 Å². The van der Waals surface area contributed by atoms with Gasteiger partial charge in [0.2, 0.25) is 0 Å². The second kappa shape index (κ2) is 5.87. The number of nitrogens with one attached hydrogen (secondary N) is 1. The van der Waals surface area contributed by atoms with Crippen molar-refractivity contribution in [3.8, 4) is 0 Å². The Labute approximate surface area is 135 Å². The molecule has 3 aromatic rings. The van der Waals surface area contributed by atoms with E-state index >= 15 is 0 Å². The van der Waals surface area contributed by atoms with Crippen LogP contribution in [0.2, 0.25) is 0 Å². The number of nitrogens with zero attached hydrogens (tertiary/aromatic N) is 5. The van der Waals surface area contributed by atoms with E-state index in [0.29, 0.717) is 6.04 Å². The Balaban J connectivity index is 1.47. The number of para-hydroxylation sites is 1. The van der Waals surface area contributed by atoms with Gasteiger partial charge in [-0.3, -0.25) is 4.68 Å². The van der Waals surface area contributed by atoms with Gasteiger partial charge >= 0.3 is 0 Å². The van der Waals surface area contributed by atoms with Gasteiger partial charge in [-0.15, -0.1) is 0 Å². The minimum Gasteiger partial charge on any atom is -0.382 e. The summed E-state index contributed by atoms with van der Waals surface area (Å²) in [6.45, 7) is 1.98. The molecule has 0 unspecified atom stereocenters. The van der Waals surface area contributed by atoms with Crippen LogP contribution < -0.4 is 10.2 Å². The molecule has 0 amide bonds. The van der Waals surface area contributed by atoms with E-state index in [9.17, 15) is 0 Å². The van der Waals surface area contributed by atoms with Gasteiger partial charge in [-0.1, -0.05) is 18.2 Å². The van der Waals surface area contributed by atoms with Gasteiger partial charge in [-0.05, 0) is 25.0 Å². The van der Waals surface area contributed by atoms with Crippen molar-refractivity contribution < 1.29 is 0 Å². The van der Waals surface area contributed by atoms with Crippen LogP contribution in [0.3, 0.4) is 0 Å². The molecule has 0 aliphatic carbocycles. The SMILES string of the molecule is Cn1ncc2c(N3CCC(Nc4ccccc4)CC3)ncnc21. The van der Waals surface area contributed by atoms with Crippen molar-refractivity contribution in [2.45, 2.75) is 18.9 Å². The number of benzene rings is 1. The van der Waals surface area contributed by atoms with E-state index in [0.717, 1.165) is 42.8 Å². The molecule has 1 aliphatic rings. The van der Waals surface area contributed by atoms with Crippen LogP contribution in [-0.2, 0) is 7.05 Å². The number of rotatable bonds is 3. The van der Waals surface area contributed by atoms with Crippen LogP contribution in [0, 0.1) is 0 Å². The van der Waals surface area contributed by atoms with Gasteiger partial charge < -0.3 is 10.2 Å². The Hall–Kier alpha value is -2.63. The standard InChI is InChI=1S/C17H20N6/c1-22-16-15(11-20-22)17(19-12-18-16)23-9-7-14(8-10-23)21-13-5-3-2-4-6-13/h2-6,11-12,14,21H,7-10H2,1H3. The summed E-state index contributed by atoms with van der Waals surface area (Å²) in [6.07, 6.45) is 5.69. The highest BCUT2D eigenvalue weighted by molar-refractivity contribution is 5.86. The first kappa shape index (κ1) is 14.0. The fraction of sp³-hybridized carbons (Fsp3) is 0.353. The molecule has 0 bridgehead atoms. The zero-order valence-electron chi connectivity index (χ0n) is 13.2. The highest BCUT2D eigenvalue weighted by Gasteiger charge is 2.22. The Bertz CT molecular complexity index is 789. The quantitative estimate of drug-likeness (QED) is 0.805. The van der Waals surface area contributed by atoms with E-state index in [4.69, 9.17) is 0 Å². The summed E-state index contributed by atoms with van der Waals surface area (Å²) >= 11 is 0. The maximum atomic E-state index is 4.49.